The van der Waals surface area contributed by atoms with Crippen molar-refractivity contribution >= 4 is 11.6 Å². The lowest BCUT2D eigenvalue weighted by molar-refractivity contribution is 0.213. The highest BCUT2D eigenvalue weighted by molar-refractivity contribution is 6.31. The number of fused-ring (bicyclic) bond motifs is 1. The minimum Gasteiger partial charge on any atom is -0.337 e. The van der Waals surface area contributed by atoms with E-state index in [9.17, 15) is 0 Å². The molecule has 1 aliphatic rings. The summed E-state index contributed by atoms with van der Waals surface area (Å²) in [6.45, 7) is 3.54. The van der Waals surface area contributed by atoms with E-state index in [1.165, 1.54) is 11.1 Å². The molecule has 2 heterocycles. The predicted octanol–water partition coefficient (Wildman–Crippen LogP) is 2.44. The molecule has 0 spiro atoms. The molecule has 1 aromatic carbocycles. The molecule has 20 heavy (non-hydrogen) atoms. The average molecular weight is 291 g/mol. The van der Waals surface area contributed by atoms with E-state index < -0.39 is 0 Å². The van der Waals surface area contributed by atoms with E-state index >= 15 is 0 Å². The Labute approximate surface area is 124 Å². The molecule has 5 heteroatoms. The van der Waals surface area contributed by atoms with Crippen molar-refractivity contribution in [2.45, 2.75) is 25.6 Å². The molecule has 3 rings (SSSR count). The topological polar surface area (TPSA) is 47.1 Å². The Morgan fingerprint density at radius 2 is 2.25 bits per heavy atom. The number of imidazole rings is 1. The molecule has 0 aliphatic carbocycles. The maximum Gasteiger partial charge on any atom is 0.0945 e. The standard InChI is InChI=1S/C15H19ClN4/c16-14-4-1-3-12-13(14)10-20(15(12)9-17)7-2-6-19-8-5-18-11-19/h1,3-5,8,11,15H,2,6-7,9-10,17H2. The van der Waals surface area contributed by atoms with Gasteiger partial charge in [-0.05, 0) is 23.6 Å². The Morgan fingerprint density at radius 1 is 1.35 bits per heavy atom. The summed E-state index contributed by atoms with van der Waals surface area (Å²) in [5.74, 6) is 0. The largest absolute Gasteiger partial charge is 0.337 e. The van der Waals surface area contributed by atoms with Crippen LogP contribution in [0.5, 0.6) is 0 Å². The number of hydrogen-bond acceptors (Lipinski definition) is 3. The number of nitrogens with two attached hydrogens (primary N) is 1. The second-order valence-electron chi connectivity index (χ2n) is 5.18. The fourth-order valence-corrected chi connectivity index (χ4v) is 3.19. The average Bonchev–Trinajstić information content (AvgIpc) is 3.07. The van der Waals surface area contributed by atoms with Gasteiger partial charge < -0.3 is 10.3 Å². The Morgan fingerprint density at radius 3 is 3.00 bits per heavy atom. The Balaban J connectivity index is 1.65. The zero-order valence-electron chi connectivity index (χ0n) is 11.4. The highest BCUT2D eigenvalue weighted by atomic mass is 35.5. The summed E-state index contributed by atoms with van der Waals surface area (Å²) in [6, 6.07) is 6.42. The zero-order valence-corrected chi connectivity index (χ0v) is 12.1. The monoisotopic (exact) mass is 290 g/mol. The molecule has 0 saturated heterocycles. The first-order chi connectivity index (χ1) is 9.79. The van der Waals surface area contributed by atoms with Gasteiger partial charge in [0.05, 0.1) is 6.33 Å². The number of aromatic nitrogens is 2. The van der Waals surface area contributed by atoms with Crippen LogP contribution in [-0.2, 0) is 13.1 Å². The van der Waals surface area contributed by atoms with E-state index in [1.54, 1.807) is 0 Å². The molecule has 1 atom stereocenters. The van der Waals surface area contributed by atoms with Crippen LogP contribution >= 0.6 is 11.6 Å². The molecule has 0 bridgehead atoms. The molecule has 0 fully saturated rings. The molecule has 2 N–H and O–H groups in total. The summed E-state index contributed by atoms with van der Waals surface area (Å²) >= 11 is 6.29. The second kappa shape index (κ2) is 5.95. The fraction of sp³-hybridized carbons (Fsp3) is 0.400. The number of rotatable bonds is 5. The van der Waals surface area contributed by atoms with Gasteiger partial charge >= 0.3 is 0 Å². The van der Waals surface area contributed by atoms with Crippen LogP contribution < -0.4 is 5.73 Å². The normalized spacial score (nSPS) is 18.4. The lowest BCUT2D eigenvalue weighted by Gasteiger charge is -2.23. The first-order valence-electron chi connectivity index (χ1n) is 6.96. The zero-order chi connectivity index (χ0) is 13.9. The minimum atomic E-state index is 0.298. The SMILES string of the molecule is NCC1c2cccc(Cl)c2CN1CCCn1ccnc1. The first kappa shape index (κ1) is 13.6. The summed E-state index contributed by atoms with van der Waals surface area (Å²) in [5.41, 5.74) is 8.49. The van der Waals surface area contributed by atoms with Gasteiger partial charge in [0.1, 0.15) is 0 Å². The number of benzene rings is 1. The minimum absolute atomic E-state index is 0.298. The lowest BCUT2D eigenvalue weighted by atomic mass is 10.1. The van der Waals surface area contributed by atoms with E-state index in [2.05, 4.69) is 20.5 Å². The third-order valence-electron chi connectivity index (χ3n) is 3.96. The van der Waals surface area contributed by atoms with Gasteiger partial charge in [-0.15, -0.1) is 0 Å². The molecule has 2 aromatic rings. The fourth-order valence-electron chi connectivity index (χ4n) is 2.95. The van der Waals surface area contributed by atoms with E-state index in [0.29, 0.717) is 12.6 Å². The summed E-state index contributed by atoms with van der Waals surface area (Å²) in [6.07, 6.45) is 6.75. The van der Waals surface area contributed by atoms with E-state index in [0.717, 1.165) is 31.1 Å². The summed E-state index contributed by atoms with van der Waals surface area (Å²) < 4.78 is 2.10. The van der Waals surface area contributed by atoms with Crippen LogP contribution in [0.1, 0.15) is 23.6 Å². The van der Waals surface area contributed by atoms with Crippen molar-refractivity contribution in [3.8, 4) is 0 Å². The van der Waals surface area contributed by atoms with Crippen LogP contribution in [0.15, 0.2) is 36.9 Å². The smallest absolute Gasteiger partial charge is 0.0945 e. The molecule has 4 nitrogen and oxygen atoms in total. The maximum atomic E-state index is 6.29. The van der Waals surface area contributed by atoms with E-state index in [4.69, 9.17) is 17.3 Å². The second-order valence-corrected chi connectivity index (χ2v) is 5.59. The Bertz CT molecular complexity index is 567. The highest BCUT2D eigenvalue weighted by Gasteiger charge is 2.29. The molecule has 0 amide bonds. The maximum absolute atomic E-state index is 6.29. The van der Waals surface area contributed by atoms with Crippen LogP contribution in [0.25, 0.3) is 0 Å². The van der Waals surface area contributed by atoms with Gasteiger partial charge in [0.2, 0.25) is 0 Å². The molecular weight excluding hydrogens is 272 g/mol. The third-order valence-corrected chi connectivity index (χ3v) is 4.31. The van der Waals surface area contributed by atoms with Crippen molar-refractivity contribution in [2.75, 3.05) is 13.1 Å². The first-order valence-corrected chi connectivity index (χ1v) is 7.34. The van der Waals surface area contributed by atoms with Crippen LogP contribution in [0.4, 0.5) is 0 Å². The number of halogens is 1. The highest BCUT2D eigenvalue weighted by Crippen LogP contribution is 2.36. The van der Waals surface area contributed by atoms with Crippen LogP contribution in [0.2, 0.25) is 5.02 Å². The Kier molecular flexibility index (Phi) is 4.05. The van der Waals surface area contributed by atoms with Gasteiger partial charge in [0.15, 0.2) is 0 Å². The van der Waals surface area contributed by atoms with Crippen molar-refractivity contribution in [3.63, 3.8) is 0 Å². The van der Waals surface area contributed by atoms with Crippen molar-refractivity contribution < 1.29 is 0 Å². The van der Waals surface area contributed by atoms with Gasteiger partial charge in [-0.1, -0.05) is 23.7 Å². The van der Waals surface area contributed by atoms with E-state index in [1.807, 2.05) is 30.9 Å². The molecule has 1 aromatic heterocycles. The molecule has 0 saturated carbocycles. The number of nitrogens with zero attached hydrogens (tertiary/aromatic N) is 3. The van der Waals surface area contributed by atoms with Gasteiger partial charge in [-0.2, -0.15) is 0 Å². The third kappa shape index (κ3) is 2.59. The van der Waals surface area contributed by atoms with Crippen LogP contribution in [-0.4, -0.2) is 27.5 Å². The van der Waals surface area contributed by atoms with Gasteiger partial charge in [-0.3, -0.25) is 4.90 Å². The molecule has 1 unspecified atom stereocenters. The van der Waals surface area contributed by atoms with Crippen molar-refractivity contribution in [1.82, 2.24) is 14.5 Å². The van der Waals surface area contributed by atoms with Gasteiger partial charge in [0.25, 0.3) is 0 Å². The van der Waals surface area contributed by atoms with Crippen molar-refractivity contribution in [1.29, 1.82) is 0 Å². The van der Waals surface area contributed by atoms with Crippen molar-refractivity contribution in [3.05, 3.63) is 53.1 Å². The van der Waals surface area contributed by atoms with Gasteiger partial charge in [0, 0.05) is 49.6 Å². The van der Waals surface area contributed by atoms with Gasteiger partial charge in [-0.25, -0.2) is 4.98 Å². The summed E-state index contributed by atoms with van der Waals surface area (Å²) in [4.78, 5) is 6.48. The van der Waals surface area contributed by atoms with Crippen molar-refractivity contribution in [2.24, 2.45) is 5.73 Å². The molecule has 1 aliphatic heterocycles. The molecule has 106 valence electrons. The van der Waals surface area contributed by atoms with Crippen LogP contribution in [0, 0.1) is 0 Å². The van der Waals surface area contributed by atoms with Crippen LogP contribution in [0.3, 0.4) is 0 Å². The lowest BCUT2D eigenvalue weighted by Crippen LogP contribution is -2.29. The molecule has 0 radical (unpaired) electrons. The Hall–Kier alpha value is -1.36. The summed E-state index contributed by atoms with van der Waals surface area (Å²) in [7, 11) is 0. The number of aryl methyl sites for hydroxylation is 1. The predicted molar refractivity (Wildman–Crippen MR) is 80.5 cm³/mol. The quantitative estimate of drug-likeness (QED) is 0.920. The number of hydrogen-bond donors (Lipinski definition) is 1. The van der Waals surface area contributed by atoms with E-state index in [-0.39, 0.29) is 0 Å². The summed E-state index contributed by atoms with van der Waals surface area (Å²) in [5, 5.41) is 0.859. The molecular formula is C15H19ClN4.